The third-order valence-electron chi connectivity index (χ3n) is 5.79. The quantitative estimate of drug-likeness (QED) is 0.858. The summed E-state index contributed by atoms with van der Waals surface area (Å²) in [6.07, 6.45) is 5.05. The van der Waals surface area contributed by atoms with Crippen LogP contribution >= 0.6 is 0 Å². The molecule has 2 aromatic rings. The lowest BCUT2D eigenvalue weighted by Crippen LogP contribution is -2.49. The largest absolute Gasteiger partial charge is 0.444 e. The molecule has 1 aliphatic heterocycles. The van der Waals surface area contributed by atoms with Gasteiger partial charge in [0.25, 0.3) is 5.91 Å². The van der Waals surface area contributed by atoms with Gasteiger partial charge in [0.15, 0.2) is 5.69 Å². The average Bonchev–Trinajstić information content (AvgIpc) is 3.39. The van der Waals surface area contributed by atoms with Gasteiger partial charge in [0.1, 0.15) is 5.60 Å². The van der Waals surface area contributed by atoms with Crippen molar-refractivity contribution in [1.82, 2.24) is 19.7 Å². The first-order valence-electron chi connectivity index (χ1n) is 9.91. The Morgan fingerprint density at radius 3 is 2.41 bits per heavy atom. The lowest BCUT2D eigenvalue weighted by molar-refractivity contribution is 0.00448. The zero-order valence-corrected chi connectivity index (χ0v) is 17.3. The summed E-state index contributed by atoms with van der Waals surface area (Å²) in [6.45, 7) is 8.39. The van der Waals surface area contributed by atoms with Gasteiger partial charge >= 0.3 is 6.09 Å². The predicted molar refractivity (Wildman–Crippen MR) is 106 cm³/mol. The molecule has 8 nitrogen and oxygen atoms in total. The molecular weight excluding hydrogens is 370 g/mol. The molecule has 0 saturated heterocycles. The number of carbonyl (C=O) groups is 2. The van der Waals surface area contributed by atoms with E-state index in [1.54, 1.807) is 17.3 Å². The fourth-order valence-electron chi connectivity index (χ4n) is 4.41. The molecule has 1 fully saturated rings. The highest BCUT2D eigenvalue weighted by Crippen LogP contribution is 2.60. The van der Waals surface area contributed by atoms with E-state index in [9.17, 15) is 9.59 Å². The van der Waals surface area contributed by atoms with Crippen LogP contribution in [-0.2, 0) is 16.7 Å². The molecule has 154 valence electrons. The summed E-state index contributed by atoms with van der Waals surface area (Å²) in [5.74, 6) is -0.555. The minimum atomic E-state index is -0.597. The molecule has 1 unspecified atom stereocenters. The minimum absolute atomic E-state index is 0.252. The Kier molecular flexibility index (Phi) is 4.40. The van der Waals surface area contributed by atoms with Crippen LogP contribution < -0.4 is 5.73 Å². The van der Waals surface area contributed by atoms with E-state index in [0.717, 1.165) is 29.7 Å². The van der Waals surface area contributed by atoms with Crippen molar-refractivity contribution >= 4 is 12.0 Å². The van der Waals surface area contributed by atoms with Crippen molar-refractivity contribution < 1.29 is 14.3 Å². The Balaban J connectivity index is 1.85. The summed E-state index contributed by atoms with van der Waals surface area (Å²) in [6, 6.07) is 3.72. The number of nitrogens with two attached hydrogens (primary N) is 1. The molecule has 0 spiro atoms. The molecule has 2 N–H and O–H groups in total. The van der Waals surface area contributed by atoms with Crippen LogP contribution in [-0.4, -0.2) is 43.8 Å². The Morgan fingerprint density at radius 2 is 1.86 bits per heavy atom. The van der Waals surface area contributed by atoms with E-state index in [4.69, 9.17) is 10.5 Å². The number of fused-ring (bicyclic) bond motifs is 1. The van der Waals surface area contributed by atoms with Crippen LogP contribution in [0.25, 0.3) is 0 Å². The lowest BCUT2D eigenvalue weighted by Gasteiger charge is -2.42. The maximum absolute atomic E-state index is 13.2. The number of nitrogens with zero attached hydrogens (tertiary/aromatic N) is 4. The van der Waals surface area contributed by atoms with E-state index in [-0.39, 0.29) is 23.2 Å². The zero-order valence-electron chi connectivity index (χ0n) is 17.3. The van der Waals surface area contributed by atoms with E-state index in [0.29, 0.717) is 13.1 Å². The fraction of sp³-hybridized carbons (Fsp3) is 0.524. The van der Waals surface area contributed by atoms with Crippen LogP contribution in [0.4, 0.5) is 4.79 Å². The summed E-state index contributed by atoms with van der Waals surface area (Å²) < 4.78 is 7.56. The van der Waals surface area contributed by atoms with E-state index in [1.807, 2.05) is 44.5 Å². The second-order valence-electron chi connectivity index (χ2n) is 8.91. The van der Waals surface area contributed by atoms with Gasteiger partial charge in [-0.05, 0) is 58.2 Å². The van der Waals surface area contributed by atoms with Crippen molar-refractivity contribution in [2.45, 2.75) is 64.1 Å². The van der Waals surface area contributed by atoms with Crippen molar-refractivity contribution in [3.8, 4) is 0 Å². The van der Waals surface area contributed by atoms with Crippen molar-refractivity contribution in [1.29, 1.82) is 0 Å². The predicted octanol–water partition coefficient (Wildman–Crippen LogP) is 2.71. The van der Waals surface area contributed by atoms with Gasteiger partial charge in [0.05, 0.1) is 18.3 Å². The first-order valence-corrected chi connectivity index (χ1v) is 9.91. The SMILES string of the molecule is Cc1c(C(N)=O)nn2c1C(C1(c3ccncc3)CC1)N(C(=O)OC(C)(C)C)CC2. The number of aromatic nitrogens is 3. The molecule has 0 bridgehead atoms. The number of hydrogen-bond acceptors (Lipinski definition) is 5. The summed E-state index contributed by atoms with van der Waals surface area (Å²) in [7, 11) is 0. The van der Waals surface area contributed by atoms with Gasteiger partial charge < -0.3 is 10.5 Å². The molecular formula is C21H27N5O3. The van der Waals surface area contributed by atoms with Crippen LogP contribution in [0, 0.1) is 6.92 Å². The standard InChI is InChI=1S/C21H27N5O3/c1-13-15(18(22)27)24-26-12-11-25(19(28)29-20(2,3)4)17(16(13)26)21(7-8-21)14-5-9-23-10-6-14/h5-6,9-10,17H,7-8,11-12H2,1-4H3,(H2,22,27). The molecule has 2 aliphatic rings. The Bertz CT molecular complexity index is 957. The van der Waals surface area contributed by atoms with Gasteiger partial charge in [-0.25, -0.2) is 4.79 Å². The third kappa shape index (κ3) is 3.26. The lowest BCUT2D eigenvalue weighted by atomic mass is 9.83. The number of amides is 2. The zero-order chi connectivity index (χ0) is 21.0. The molecule has 29 heavy (non-hydrogen) atoms. The summed E-state index contributed by atoms with van der Waals surface area (Å²) in [5, 5.41) is 4.45. The summed E-state index contributed by atoms with van der Waals surface area (Å²) in [4.78, 5) is 31.0. The molecule has 0 radical (unpaired) electrons. The van der Waals surface area contributed by atoms with Crippen molar-refractivity contribution in [3.63, 3.8) is 0 Å². The van der Waals surface area contributed by atoms with Crippen LogP contribution in [0.2, 0.25) is 0 Å². The summed E-state index contributed by atoms with van der Waals surface area (Å²) in [5.41, 5.74) is 7.70. The molecule has 1 atom stereocenters. The fourth-order valence-corrected chi connectivity index (χ4v) is 4.41. The van der Waals surface area contributed by atoms with Crippen LogP contribution in [0.1, 0.15) is 67.0 Å². The number of primary amides is 1. The van der Waals surface area contributed by atoms with Gasteiger partial charge in [0, 0.05) is 29.9 Å². The maximum atomic E-state index is 13.2. The maximum Gasteiger partial charge on any atom is 0.410 e. The van der Waals surface area contributed by atoms with Gasteiger partial charge in [-0.1, -0.05) is 0 Å². The van der Waals surface area contributed by atoms with Gasteiger partial charge in [-0.15, -0.1) is 0 Å². The normalized spacial score (nSPS) is 20.1. The molecule has 3 heterocycles. The van der Waals surface area contributed by atoms with E-state index in [1.165, 1.54) is 0 Å². The second-order valence-corrected chi connectivity index (χ2v) is 8.91. The number of hydrogen-bond donors (Lipinski definition) is 1. The third-order valence-corrected chi connectivity index (χ3v) is 5.79. The van der Waals surface area contributed by atoms with Crippen molar-refractivity contribution in [2.75, 3.05) is 6.54 Å². The Hall–Kier alpha value is -2.90. The van der Waals surface area contributed by atoms with Gasteiger partial charge in [-0.2, -0.15) is 5.10 Å². The topological polar surface area (TPSA) is 103 Å². The Morgan fingerprint density at radius 1 is 1.21 bits per heavy atom. The van der Waals surface area contributed by atoms with Crippen molar-refractivity contribution in [3.05, 3.63) is 47.0 Å². The molecule has 4 rings (SSSR count). The highest BCUT2D eigenvalue weighted by atomic mass is 16.6. The second kappa shape index (κ2) is 6.57. The number of ether oxygens (including phenoxy) is 1. The number of rotatable bonds is 3. The van der Waals surface area contributed by atoms with Crippen LogP contribution in [0.5, 0.6) is 0 Å². The number of carbonyl (C=O) groups excluding carboxylic acids is 2. The van der Waals surface area contributed by atoms with Gasteiger partial charge in [0.2, 0.25) is 0 Å². The van der Waals surface area contributed by atoms with Gasteiger partial charge in [-0.3, -0.25) is 19.4 Å². The molecule has 2 aromatic heterocycles. The molecule has 8 heteroatoms. The first-order chi connectivity index (χ1) is 13.6. The molecule has 2 amide bonds. The molecule has 1 saturated carbocycles. The first kappa shape index (κ1) is 19.4. The van der Waals surface area contributed by atoms with Crippen LogP contribution in [0.3, 0.4) is 0 Å². The van der Waals surface area contributed by atoms with E-state index in [2.05, 4.69) is 10.1 Å². The number of pyridine rings is 1. The van der Waals surface area contributed by atoms with E-state index >= 15 is 0 Å². The minimum Gasteiger partial charge on any atom is -0.444 e. The smallest absolute Gasteiger partial charge is 0.410 e. The Labute approximate surface area is 170 Å². The van der Waals surface area contributed by atoms with Crippen LogP contribution in [0.15, 0.2) is 24.5 Å². The molecule has 0 aromatic carbocycles. The van der Waals surface area contributed by atoms with Crippen molar-refractivity contribution in [2.24, 2.45) is 5.73 Å². The average molecular weight is 397 g/mol. The highest BCUT2D eigenvalue weighted by molar-refractivity contribution is 5.92. The van der Waals surface area contributed by atoms with E-state index < -0.39 is 11.5 Å². The monoisotopic (exact) mass is 397 g/mol. The highest BCUT2D eigenvalue weighted by Gasteiger charge is 2.57. The summed E-state index contributed by atoms with van der Waals surface area (Å²) >= 11 is 0. The molecule has 1 aliphatic carbocycles.